The van der Waals surface area contributed by atoms with Crippen molar-refractivity contribution in [1.82, 2.24) is 0 Å². The molecule has 1 saturated carbocycles. The molecule has 1 aliphatic rings. The predicted molar refractivity (Wildman–Crippen MR) is 78.1 cm³/mol. The molecule has 0 heterocycles. The van der Waals surface area contributed by atoms with Gasteiger partial charge in [0.05, 0.1) is 10.6 Å². The van der Waals surface area contributed by atoms with Crippen LogP contribution < -0.4 is 5.32 Å². The van der Waals surface area contributed by atoms with Crippen molar-refractivity contribution in [2.24, 2.45) is 16.7 Å². The van der Waals surface area contributed by atoms with E-state index in [2.05, 4.69) is 33.0 Å². The van der Waals surface area contributed by atoms with E-state index in [1.165, 1.54) is 12.1 Å². The Morgan fingerprint density at radius 3 is 2.15 bits per heavy atom. The van der Waals surface area contributed by atoms with Crippen LogP contribution in [0.4, 0.5) is 5.69 Å². The maximum absolute atomic E-state index is 12.3. The summed E-state index contributed by atoms with van der Waals surface area (Å²) in [6.07, 6.45) is 0. The fourth-order valence-electron chi connectivity index (χ4n) is 2.83. The summed E-state index contributed by atoms with van der Waals surface area (Å²) in [5.74, 6) is -1.20. The van der Waals surface area contributed by atoms with Crippen LogP contribution >= 0.6 is 11.6 Å². The van der Waals surface area contributed by atoms with E-state index in [4.69, 9.17) is 16.7 Å². The fraction of sp³-hybridized carbons (Fsp3) is 0.467. The van der Waals surface area contributed by atoms with Gasteiger partial charge in [0.25, 0.3) is 0 Å². The van der Waals surface area contributed by atoms with E-state index in [0.717, 1.165) is 0 Å². The second-order valence-electron chi connectivity index (χ2n) is 6.37. The first-order chi connectivity index (χ1) is 9.09. The number of benzene rings is 1. The molecule has 0 atom stereocenters. The predicted octanol–water partition coefficient (Wildman–Crippen LogP) is 3.66. The average molecular weight is 296 g/mol. The molecule has 0 spiro atoms. The number of nitrogens with one attached hydrogen (secondary N) is 1. The lowest BCUT2D eigenvalue weighted by Crippen LogP contribution is -2.17. The van der Waals surface area contributed by atoms with Crippen LogP contribution in [-0.4, -0.2) is 17.0 Å². The summed E-state index contributed by atoms with van der Waals surface area (Å²) < 4.78 is 0. The van der Waals surface area contributed by atoms with Crippen LogP contribution in [0.2, 0.25) is 5.02 Å². The molecule has 2 N–H and O–H groups in total. The summed E-state index contributed by atoms with van der Waals surface area (Å²) in [5, 5.41) is 11.8. The molecule has 1 amide bonds. The quantitative estimate of drug-likeness (QED) is 0.894. The van der Waals surface area contributed by atoms with Gasteiger partial charge in [-0.3, -0.25) is 4.79 Å². The summed E-state index contributed by atoms with van der Waals surface area (Å²) in [7, 11) is 0. The number of carbonyl (C=O) groups excluding carboxylic acids is 1. The highest BCUT2D eigenvalue weighted by atomic mass is 35.5. The molecule has 2 rings (SSSR count). The van der Waals surface area contributed by atoms with E-state index < -0.39 is 5.97 Å². The Balaban J connectivity index is 2.14. The summed E-state index contributed by atoms with van der Waals surface area (Å²) in [4.78, 5) is 23.1. The molecule has 0 radical (unpaired) electrons. The fourth-order valence-corrected chi connectivity index (χ4v) is 3.09. The molecule has 4 nitrogen and oxygen atoms in total. The van der Waals surface area contributed by atoms with Crippen LogP contribution in [0, 0.1) is 16.7 Å². The van der Waals surface area contributed by atoms with Gasteiger partial charge in [-0.2, -0.15) is 0 Å². The zero-order valence-corrected chi connectivity index (χ0v) is 12.7. The Kier molecular flexibility index (Phi) is 3.33. The van der Waals surface area contributed by atoms with E-state index in [-0.39, 0.29) is 33.2 Å². The first kappa shape index (κ1) is 14.9. The van der Waals surface area contributed by atoms with Crippen LogP contribution in [-0.2, 0) is 4.79 Å². The number of hydrogen-bond donors (Lipinski definition) is 2. The van der Waals surface area contributed by atoms with Gasteiger partial charge in [-0.15, -0.1) is 0 Å². The minimum atomic E-state index is -1.09. The van der Waals surface area contributed by atoms with Crippen LogP contribution in [0.25, 0.3) is 0 Å². The molecule has 5 heteroatoms. The van der Waals surface area contributed by atoms with Gasteiger partial charge in [-0.1, -0.05) is 39.3 Å². The maximum atomic E-state index is 12.3. The average Bonchev–Trinajstić information content (AvgIpc) is 2.68. The first-order valence-corrected chi connectivity index (χ1v) is 6.80. The van der Waals surface area contributed by atoms with Crippen molar-refractivity contribution in [2.45, 2.75) is 27.7 Å². The molecular weight excluding hydrogens is 278 g/mol. The van der Waals surface area contributed by atoms with Crippen LogP contribution in [0.3, 0.4) is 0 Å². The second kappa shape index (κ2) is 4.48. The zero-order valence-electron chi connectivity index (χ0n) is 12.0. The third-order valence-electron chi connectivity index (χ3n) is 4.75. The van der Waals surface area contributed by atoms with Crippen LogP contribution in [0.5, 0.6) is 0 Å². The molecule has 0 bridgehead atoms. The van der Waals surface area contributed by atoms with E-state index in [1.807, 2.05) is 0 Å². The highest BCUT2D eigenvalue weighted by molar-refractivity contribution is 6.33. The molecule has 0 saturated heterocycles. The Hall–Kier alpha value is -1.55. The van der Waals surface area contributed by atoms with Crippen molar-refractivity contribution in [3.05, 3.63) is 28.8 Å². The lowest BCUT2D eigenvalue weighted by Gasteiger charge is -2.08. The van der Waals surface area contributed by atoms with Gasteiger partial charge in [0.15, 0.2) is 0 Å². The second-order valence-corrected chi connectivity index (χ2v) is 6.77. The Morgan fingerprint density at radius 2 is 1.75 bits per heavy atom. The van der Waals surface area contributed by atoms with E-state index >= 15 is 0 Å². The molecule has 1 fully saturated rings. The SMILES string of the molecule is CC1(C)C(C(=O)Nc2ccc(C(=O)O)c(Cl)c2)C1(C)C. The monoisotopic (exact) mass is 295 g/mol. The number of hydrogen-bond acceptors (Lipinski definition) is 2. The van der Waals surface area contributed by atoms with Crippen molar-refractivity contribution < 1.29 is 14.7 Å². The summed E-state index contributed by atoms with van der Waals surface area (Å²) in [5.41, 5.74) is 0.462. The van der Waals surface area contributed by atoms with Crippen molar-refractivity contribution >= 4 is 29.2 Å². The molecule has 0 unspecified atom stereocenters. The number of rotatable bonds is 3. The third kappa shape index (κ3) is 2.18. The molecule has 108 valence electrons. The normalized spacial score (nSPS) is 19.4. The topological polar surface area (TPSA) is 66.4 Å². The molecule has 1 aromatic rings. The molecular formula is C15H18ClNO3. The summed E-state index contributed by atoms with van der Waals surface area (Å²) in [6.45, 7) is 8.27. The molecule has 0 aromatic heterocycles. The Morgan fingerprint density at radius 1 is 1.20 bits per heavy atom. The summed E-state index contributed by atoms with van der Waals surface area (Å²) in [6, 6.07) is 4.41. The van der Waals surface area contributed by atoms with Crippen molar-refractivity contribution in [1.29, 1.82) is 0 Å². The van der Waals surface area contributed by atoms with Gasteiger partial charge >= 0.3 is 5.97 Å². The minimum Gasteiger partial charge on any atom is -0.478 e. The number of carboxylic acid groups (broad SMARTS) is 1. The van der Waals surface area contributed by atoms with Gasteiger partial charge < -0.3 is 10.4 Å². The lowest BCUT2D eigenvalue weighted by molar-refractivity contribution is -0.118. The standard InChI is InChI=1S/C15H18ClNO3/c1-14(2)11(15(14,3)4)12(18)17-8-5-6-9(13(19)20)10(16)7-8/h5-7,11H,1-4H3,(H,17,18)(H,19,20). The first-order valence-electron chi connectivity index (χ1n) is 6.42. The highest BCUT2D eigenvalue weighted by Crippen LogP contribution is 2.68. The highest BCUT2D eigenvalue weighted by Gasteiger charge is 2.68. The Labute approximate surface area is 123 Å². The molecule has 0 aliphatic heterocycles. The van der Waals surface area contributed by atoms with Gasteiger partial charge in [0.1, 0.15) is 0 Å². The number of halogens is 1. The molecule has 1 aromatic carbocycles. The lowest BCUT2D eigenvalue weighted by atomic mass is 10.0. The number of carbonyl (C=O) groups is 2. The smallest absolute Gasteiger partial charge is 0.337 e. The van der Waals surface area contributed by atoms with Crippen molar-refractivity contribution in [3.8, 4) is 0 Å². The van der Waals surface area contributed by atoms with Gasteiger partial charge in [-0.05, 0) is 29.0 Å². The van der Waals surface area contributed by atoms with Crippen LogP contribution in [0.15, 0.2) is 18.2 Å². The number of amides is 1. The Bertz CT molecular complexity index is 579. The molecule has 1 aliphatic carbocycles. The maximum Gasteiger partial charge on any atom is 0.337 e. The van der Waals surface area contributed by atoms with E-state index in [9.17, 15) is 9.59 Å². The summed E-state index contributed by atoms with van der Waals surface area (Å²) >= 11 is 5.88. The van der Waals surface area contributed by atoms with Gasteiger partial charge in [0.2, 0.25) is 5.91 Å². The van der Waals surface area contributed by atoms with Crippen LogP contribution in [0.1, 0.15) is 38.1 Å². The third-order valence-corrected chi connectivity index (χ3v) is 5.06. The zero-order chi connectivity index (χ0) is 15.3. The van der Waals surface area contributed by atoms with Crippen molar-refractivity contribution in [2.75, 3.05) is 5.32 Å². The number of carboxylic acids is 1. The largest absolute Gasteiger partial charge is 0.478 e. The number of anilines is 1. The van der Waals surface area contributed by atoms with Gasteiger partial charge in [-0.25, -0.2) is 4.79 Å². The molecule has 20 heavy (non-hydrogen) atoms. The number of aromatic carboxylic acids is 1. The van der Waals surface area contributed by atoms with Crippen molar-refractivity contribution in [3.63, 3.8) is 0 Å². The minimum absolute atomic E-state index is 0.0248. The van der Waals surface area contributed by atoms with E-state index in [1.54, 1.807) is 6.07 Å². The van der Waals surface area contributed by atoms with Gasteiger partial charge in [0, 0.05) is 11.6 Å². The van der Waals surface area contributed by atoms with E-state index in [0.29, 0.717) is 5.69 Å².